The second-order valence-corrected chi connectivity index (χ2v) is 4.92. The number of rotatable bonds is 3. The second kappa shape index (κ2) is 3.67. The van der Waals surface area contributed by atoms with E-state index in [1.807, 2.05) is 18.2 Å². The van der Waals surface area contributed by atoms with Crippen molar-refractivity contribution in [3.05, 3.63) is 23.2 Å². The Morgan fingerprint density at radius 3 is 3.00 bits per heavy atom. The maximum Gasteiger partial charge on any atom is 0.201 e. The van der Waals surface area contributed by atoms with Gasteiger partial charge in [-0.1, -0.05) is 24.4 Å². The molecular formula is C12H14ClN3. The highest BCUT2D eigenvalue weighted by atomic mass is 35.5. The first kappa shape index (κ1) is 9.97. The molecule has 0 bridgehead atoms. The number of nitrogens with zero attached hydrogens (tertiary/aromatic N) is 2. The van der Waals surface area contributed by atoms with E-state index in [0.29, 0.717) is 5.95 Å². The fourth-order valence-electron chi connectivity index (χ4n) is 2.07. The largest absolute Gasteiger partial charge is 0.369 e. The highest BCUT2D eigenvalue weighted by Gasteiger charge is 2.21. The molecule has 4 heteroatoms. The maximum absolute atomic E-state index is 5.99. The molecule has 0 atom stereocenters. The van der Waals surface area contributed by atoms with Crippen molar-refractivity contribution in [1.82, 2.24) is 9.55 Å². The van der Waals surface area contributed by atoms with E-state index in [0.717, 1.165) is 28.5 Å². The van der Waals surface area contributed by atoms with Crippen LogP contribution in [0.25, 0.3) is 11.0 Å². The SMILES string of the molecule is Nc1nc2ccc(Cl)cc2n1CCC1CC1. The van der Waals surface area contributed by atoms with Gasteiger partial charge in [-0.15, -0.1) is 0 Å². The standard InChI is InChI=1S/C12H14ClN3/c13-9-3-4-10-11(7-9)16(12(14)15-10)6-5-8-1-2-8/h3-4,7-8H,1-2,5-6H2,(H2,14,15). The van der Waals surface area contributed by atoms with Crippen LogP contribution in [0.2, 0.25) is 5.02 Å². The first-order chi connectivity index (χ1) is 7.74. The van der Waals surface area contributed by atoms with Crippen molar-refractivity contribution in [3.8, 4) is 0 Å². The Morgan fingerprint density at radius 2 is 2.25 bits per heavy atom. The molecule has 2 N–H and O–H groups in total. The van der Waals surface area contributed by atoms with E-state index in [-0.39, 0.29) is 0 Å². The molecule has 2 aromatic rings. The smallest absolute Gasteiger partial charge is 0.201 e. The third-order valence-electron chi connectivity index (χ3n) is 3.20. The van der Waals surface area contributed by atoms with Crippen LogP contribution in [0.3, 0.4) is 0 Å². The summed E-state index contributed by atoms with van der Waals surface area (Å²) >= 11 is 5.99. The zero-order valence-corrected chi connectivity index (χ0v) is 9.74. The van der Waals surface area contributed by atoms with Crippen LogP contribution in [0.15, 0.2) is 18.2 Å². The molecule has 1 aliphatic carbocycles. The lowest BCUT2D eigenvalue weighted by Crippen LogP contribution is -2.03. The lowest BCUT2D eigenvalue weighted by atomic mass is 10.2. The van der Waals surface area contributed by atoms with Crippen molar-refractivity contribution in [1.29, 1.82) is 0 Å². The molecular weight excluding hydrogens is 222 g/mol. The molecule has 1 aliphatic rings. The number of nitrogen functional groups attached to an aromatic ring is 1. The van der Waals surface area contributed by atoms with E-state index < -0.39 is 0 Å². The summed E-state index contributed by atoms with van der Waals surface area (Å²) in [5.74, 6) is 1.49. The lowest BCUT2D eigenvalue weighted by molar-refractivity contribution is 0.614. The Labute approximate surface area is 99.2 Å². The van der Waals surface area contributed by atoms with E-state index in [4.69, 9.17) is 17.3 Å². The van der Waals surface area contributed by atoms with Crippen molar-refractivity contribution >= 4 is 28.6 Å². The maximum atomic E-state index is 5.99. The highest BCUT2D eigenvalue weighted by Crippen LogP contribution is 2.33. The molecule has 0 aliphatic heterocycles. The fourth-order valence-corrected chi connectivity index (χ4v) is 2.23. The van der Waals surface area contributed by atoms with Crippen LogP contribution in [0.5, 0.6) is 0 Å². The Balaban J connectivity index is 1.99. The van der Waals surface area contributed by atoms with Gasteiger partial charge in [0.25, 0.3) is 0 Å². The van der Waals surface area contributed by atoms with Gasteiger partial charge in [-0.2, -0.15) is 0 Å². The van der Waals surface area contributed by atoms with Gasteiger partial charge in [-0.3, -0.25) is 0 Å². The van der Waals surface area contributed by atoms with Crippen LogP contribution >= 0.6 is 11.6 Å². The number of imidazole rings is 1. The Bertz CT molecular complexity index is 528. The van der Waals surface area contributed by atoms with Gasteiger partial charge in [0, 0.05) is 11.6 Å². The van der Waals surface area contributed by atoms with E-state index in [1.165, 1.54) is 19.3 Å². The van der Waals surface area contributed by atoms with Crippen molar-refractivity contribution in [2.24, 2.45) is 5.92 Å². The van der Waals surface area contributed by atoms with Gasteiger partial charge in [0.15, 0.2) is 0 Å². The number of anilines is 1. The molecule has 1 aromatic heterocycles. The van der Waals surface area contributed by atoms with Crippen LogP contribution in [0.1, 0.15) is 19.3 Å². The molecule has 1 fully saturated rings. The molecule has 16 heavy (non-hydrogen) atoms. The number of halogens is 1. The minimum atomic E-state index is 0.595. The summed E-state index contributed by atoms with van der Waals surface area (Å²) < 4.78 is 2.07. The van der Waals surface area contributed by atoms with Gasteiger partial charge >= 0.3 is 0 Å². The molecule has 1 heterocycles. The summed E-state index contributed by atoms with van der Waals surface area (Å²) in [4.78, 5) is 4.33. The van der Waals surface area contributed by atoms with E-state index in [2.05, 4.69) is 9.55 Å². The number of benzene rings is 1. The van der Waals surface area contributed by atoms with Crippen LogP contribution < -0.4 is 5.73 Å². The molecule has 3 rings (SSSR count). The van der Waals surface area contributed by atoms with Gasteiger partial charge in [0.2, 0.25) is 5.95 Å². The van der Waals surface area contributed by atoms with E-state index in [9.17, 15) is 0 Å². The number of fused-ring (bicyclic) bond motifs is 1. The average molecular weight is 236 g/mol. The van der Waals surface area contributed by atoms with E-state index in [1.54, 1.807) is 0 Å². The Hall–Kier alpha value is -1.22. The average Bonchev–Trinajstić information content (AvgIpc) is 3.01. The first-order valence-electron chi connectivity index (χ1n) is 5.65. The van der Waals surface area contributed by atoms with Crippen molar-refractivity contribution in [2.45, 2.75) is 25.8 Å². The van der Waals surface area contributed by atoms with Gasteiger partial charge in [0.05, 0.1) is 11.0 Å². The van der Waals surface area contributed by atoms with Crippen LogP contribution in [-0.2, 0) is 6.54 Å². The molecule has 3 nitrogen and oxygen atoms in total. The minimum Gasteiger partial charge on any atom is -0.369 e. The number of hydrogen-bond acceptors (Lipinski definition) is 2. The summed E-state index contributed by atoms with van der Waals surface area (Å²) in [5.41, 5.74) is 7.89. The van der Waals surface area contributed by atoms with Crippen molar-refractivity contribution < 1.29 is 0 Å². The molecule has 0 saturated heterocycles. The third kappa shape index (κ3) is 1.76. The zero-order chi connectivity index (χ0) is 11.1. The molecule has 84 valence electrons. The summed E-state index contributed by atoms with van der Waals surface area (Å²) in [6.07, 6.45) is 3.93. The molecule has 1 saturated carbocycles. The lowest BCUT2D eigenvalue weighted by Gasteiger charge is -2.05. The monoisotopic (exact) mass is 235 g/mol. The Morgan fingerprint density at radius 1 is 1.44 bits per heavy atom. The van der Waals surface area contributed by atoms with E-state index >= 15 is 0 Å². The van der Waals surface area contributed by atoms with Gasteiger partial charge in [-0.25, -0.2) is 4.98 Å². The minimum absolute atomic E-state index is 0.595. The molecule has 0 spiro atoms. The van der Waals surface area contributed by atoms with Gasteiger partial charge < -0.3 is 10.3 Å². The predicted molar refractivity (Wildman–Crippen MR) is 66.5 cm³/mol. The molecule has 0 unspecified atom stereocenters. The fraction of sp³-hybridized carbons (Fsp3) is 0.417. The molecule has 0 radical (unpaired) electrons. The normalized spacial score (nSPS) is 15.8. The predicted octanol–water partition coefficient (Wildman–Crippen LogP) is 3.07. The summed E-state index contributed by atoms with van der Waals surface area (Å²) in [5, 5.41) is 0.736. The second-order valence-electron chi connectivity index (χ2n) is 4.49. The molecule has 1 aromatic carbocycles. The third-order valence-corrected chi connectivity index (χ3v) is 3.43. The quantitative estimate of drug-likeness (QED) is 0.889. The topological polar surface area (TPSA) is 43.8 Å². The number of aromatic nitrogens is 2. The van der Waals surface area contributed by atoms with Crippen LogP contribution in [0, 0.1) is 5.92 Å². The highest BCUT2D eigenvalue weighted by molar-refractivity contribution is 6.31. The Kier molecular flexibility index (Phi) is 2.28. The first-order valence-corrected chi connectivity index (χ1v) is 6.03. The summed E-state index contributed by atoms with van der Waals surface area (Å²) in [6.45, 7) is 0.952. The van der Waals surface area contributed by atoms with Crippen LogP contribution in [-0.4, -0.2) is 9.55 Å². The molecule has 0 amide bonds. The number of aryl methyl sites for hydroxylation is 1. The van der Waals surface area contributed by atoms with Crippen LogP contribution in [0.4, 0.5) is 5.95 Å². The number of hydrogen-bond donors (Lipinski definition) is 1. The van der Waals surface area contributed by atoms with Crippen molar-refractivity contribution in [2.75, 3.05) is 5.73 Å². The number of nitrogens with two attached hydrogens (primary N) is 1. The zero-order valence-electron chi connectivity index (χ0n) is 8.99. The van der Waals surface area contributed by atoms with Gasteiger partial charge in [0.1, 0.15) is 0 Å². The van der Waals surface area contributed by atoms with Gasteiger partial charge in [-0.05, 0) is 30.5 Å². The summed E-state index contributed by atoms with van der Waals surface area (Å²) in [7, 11) is 0. The van der Waals surface area contributed by atoms with Crippen molar-refractivity contribution in [3.63, 3.8) is 0 Å². The summed E-state index contributed by atoms with van der Waals surface area (Å²) in [6, 6.07) is 5.70.